The SMILES string of the molecule is CC[C@H](C)[C@H](NC(=O)[C@H](CC(C)C)NC(=O)[C@@H](CCC(=O)O)NC(=O)[C@@H](N)CC(=O)O)C(=O)N[C@@H](CC1CCCCC1)C(=O)N[C@@H](CS)C(=O)N1CCC[C@H]1C(=O)N[C@@H](CC1CCCCC1)C(=O)N[C@@H](CC(=O)O)C(=O)N[C@@H](CC(C)C)C(=O)N1CCC[C@H]1C(=O)N[C@@H](Cc1ccc(O)cc1)C(=O)N[C@@H](CCCCNC(C)=O)C(N)=O. The highest BCUT2D eigenvalue weighted by atomic mass is 32.1. The molecule has 4 fully saturated rings. The van der Waals surface area contributed by atoms with Crippen LogP contribution in [0.2, 0.25) is 0 Å². The fourth-order valence-electron chi connectivity index (χ4n) is 15.3. The lowest BCUT2D eigenvalue weighted by atomic mass is 9.84. The highest BCUT2D eigenvalue weighted by molar-refractivity contribution is 7.80. The summed E-state index contributed by atoms with van der Waals surface area (Å²) in [5, 5.41) is 68.2. The van der Waals surface area contributed by atoms with Gasteiger partial charge >= 0.3 is 17.9 Å². The normalized spacial score (nSPS) is 18.9. The number of aromatic hydroxyl groups is 1. The molecule has 0 bridgehead atoms. The topological polar surface area (TPSA) is 562 Å². The van der Waals surface area contributed by atoms with E-state index in [9.17, 15) is 102 Å². The third-order valence-corrected chi connectivity index (χ3v) is 22.1. The van der Waals surface area contributed by atoms with E-state index in [0.717, 1.165) is 38.5 Å². The van der Waals surface area contributed by atoms with E-state index in [1.165, 1.54) is 41.0 Å². The maximum absolute atomic E-state index is 14.9. The lowest BCUT2D eigenvalue weighted by Crippen LogP contribution is -2.62. The molecule has 648 valence electrons. The van der Waals surface area contributed by atoms with E-state index in [0.29, 0.717) is 69.9 Å². The second-order valence-electron chi connectivity index (χ2n) is 32.2. The van der Waals surface area contributed by atoms with Crippen LogP contribution in [0.3, 0.4) is 0 Å². The molecule has 19 N–H and O–H groups in total. The number of hydrogen-bond donors (Lipinski definition) is 18. The van der Waals surface area contributed by atoms with E-state index in [2.05, 4.69) is 71.1 Å². The zero-order valence-electron chi connectivity index (χ0n) is 67.8. The summed E-state index contributed by atoms with van der Waals surface area (Å²) in [4.78, 5) is 235. The molecule has 116 heavy (non-hydrogen) atoms. The predicted octanol–water partition coefficient (Wildman–Crippen LogP) is 0.707. The van der Waals surface area contributed by atoms with Crippen molar-refractivity contribution in [2.75, 3.05) is 25.4 Å². The van der Waals surface area contributed by atoms with Gasteiger partial charge in [-0.05, 0) is 124 Å². The number of likely N-dealkylation sites (tertiary alicyclic amines) is 2. The van der Waals surface area contributed by atoms with Gasteiger partial charge in [-0.15, -0.1) is 0 Å². The van der Waals surface area contributed by atoms with Crippen LogP contribution in [0.25, 0.3) is 0 Å². The van der Waals surface area contributed by atoms with Gasteiger partial charge in [-0.2, -0.15) is 12.6 Å². The van der Waals surface area contributed by atoms with Crippen molar-refractivity contribution in [1.82, 2.24) is 68.3 Å². The van der Waals surface area contributed by atoms with Gasteiger partial charge in [0.25, 0.3) is 0 Å². The summed E-state index contributed by atoms with van der Waals surface area (Å²) >= 11 is 4.49. The first-order valence-corrected chi connectivity index (χ1v) is 41.5. The van der Waals surface area contributed by atoms with E-state index in [1.54, 1.807) is 41.5 Å². The number of aliphatic carboxylic acids is 3. The van der Waals surface area contributed by atoms with Crippen molar-refractivity contribution in [3.8, 4) is 5.75 Å². The molecule has 0 unspecified atom stereocenters. The largest absolute Gasteiger partial charge is 0.508 e. The molecule has 4 aliphatic rings. The average molecular weight is 1650 g/mol. The van der Waals surface area contributed by atoms with Gasteiger partial charge in [-0.3, -0.25) is 81.5 Å². The molecular formula is C79H125N15O21S. The first kappa shape index (κ1) is 96.9. The Morgan fingerprint density at radius 1 is 0.474 bits per heavy atom. The number of nitrogens with two attached hydrogens (primary N) is 2. The zero-order chi connectivity index (χ0) is 86.0. The second kappa shape index (κ2) is 48.8. The summed E-state index contributed by atoms with van der Waals surface area (Å²) < 4.78 is 0. The smallest absolute Gasteiger partial charge is 0.305 e. The fraction of sp³-hybridized carbons (Fsp3) is 0.709. The number of primary amides is 1. The number of thiol groups is 1. The van der Waals surface area contributed by atoms with Crippen molar-refractivity contribution in [1.29, 1.82) is 0 Å². The first-order chi connectivity index (χ1) is 54.9. The standard InChI is InChI=1S/C79H125N15O21S/c1-8-45(6)66(92-74(110)54(35-43(2)3)85-69(105)53(30-31-63(97)98)84-68(104)51(80)40-64(99)100)77(113)89-57(38-48-21-13-10-14-22-48)72(108)91-60(42-116)79(115)94-34-18-25-62(94)76(112)87-55(37-47-19-11-9-12-20-47)71(107)86-58(41-65(101)102)73(109)90-59(36-44(4)5)78(114)93-33-17-24-61(93)75(111)88-56(39-49-26-28-50(96)29-27-49)70(106)83-52(67(81)103)23-15-16-32-82-46(7)95/h26-29,43-45,47-48,51-62,66,96,116H,8-25,30-42,80H2,1-7H3,(H2,81,103)(H,82,95)(H,83,106)(H,84,104)(H,85,105)(H,86,107)(H,87,112)(H,88,111)(H,89,113)(H,90,109)(H,91,108)(H,92,110)(H,97,98)(H,99,100)(H,101,102)/t45-,51-,52-,53+,54-,55-,56-,57-,58-,59-,60-,61-,62-,66-/m0/s1. The van der Waals surface area contributed by atoms with Crippen LogP contribution in [0.5, 0.6) is 5.75 Å². The van der Waals surface area contributed by atoms with Crippen LogP contribution in [0.15, 0.2) is 24.3 Å². The maximum atomic E-state index is 14.9. The van der Waals surface area contributed by atoms with Gasteiger partial charge in [0.05, 0.1) is 18.9 Å². The lowest BCUT2D eigenvalue weighted by molar-refractivity contribution is -0.144. The van der Waals surface area contributed by atoms with Gasteiger partial charge in [0.2, 0.25) is 82.7 Å². The summed E-state index contributed by atoms with van der Waals surface area (Å²) in [6.07, 6.45) is 7.16. The second-order valence-corrected chi connectivity index (χ2v) is 32.6. The van der Waals surface area contributed by atoms with Crippen LogP contribution in [-0.4, -0.2) is 235 Å². The molecule has 0 radical (unpaired) electrons. The third-order valence-electron chi connectivity index (χ3n) is 21.8. The van der Waals surface area contributed by atoms with Gasteiger partial charge < -0.3 is 100 Å². The number of nitrogens with one attached hydrogen (secondary N) is 11. The Bertz CT molecular complexity index is 3560. The Hall–Kier alpha value is -9.68. The molecular weight excluding hydrogens is 1530 g/mol. The number of unbranched alkanes of at least 4 members (excludes halogenated alkanes) is 1. The zero-order valence-corrected chi connectivity index (χ0v) is 68.7. The van der Waals surface area contributed by atoms with Crippen molar-refractivity contribution in [2.45, 2.75) is 300 Å². The van der Waals surface area contributed by atoms with E-state index < -0.39 is 205 Å². The van der Waals surface area contributed by atoms with Crippen LogP contribution >= 0.6 is 12.6 Å². The van der Waals surface area contributed by atoms with Crippen molar-refractivity contribution >= 4 is 113 Å². The van der Waals surface area contributed by atoms with Crippen molar-refractivity contribution in [2.24, 2.45) is 41.1 Å². The Labute approximate surface area is 682 Å². The minimum atomic E-state index is -1.84. The predicted molar refractivity (Wildman–Crippen MR) is 426 cm³/mol. The molecule has 0 aromatic heterocycles. The Morgan fingerprint density at radius 3 is 1.41 bits per heavy atom. The quantitative estimate of drug-likeness (QED) is 0.0315. The van der Waals surface area contributed by atoms with Gasteiger partial charge in [-0.25, -0.2) is 0 Å². The monoisotopic (exact) mass is 1650 g/mol. The molecule has 2 heterocycles. The summed E-state index contributed by atoms with van der Waals surface area (Å²) in [7, 11) is 0. The third kappa shape index (κ3) is 32.4. The molecule has 37 heteroatoms. The molecule has 2 saturated carbocycles. The molecule has 2 aliphatic heterocycles. The number of phenols is 1. The number of amides is 14. The van der Waals surface area contributed by atoms with Crippen molar-refractivity contribution < 1.29 is 102 Å². The van der Waals surface area contributed by atoms with Gasteiger partial charge in [0.15, 0.2) is 0 Å². The number of rotatable bonds is 48. The van der Waals surface area contributed by atoms with Gasteiger partial charge in [0.1, 0.15) is 78.3 Å². The number of phenolic OH excluding ortho intramolecular Hbond substituents is 1. The number of carboxylic acids is 3. The van der Waals surface area contributed by atoms with Crippen LogP contribution in [-0.2, 0) is 87.9 Å². The molecule has 0 spiro atoms. The molecule has 1 aromatic rings. The first-order valence-electron chi connectivity index (χ1n) is 40.9. The summed E-state index contributed by atoms with van der Waals surface area (Å²) in [5.41, 5.74) is 11.9. The number of benzene rings is 1. The van der Waals surface area contributed by atoms with E-state index in [1.807, 2.05) is 0 Å². The Morgan fingerprint density at radius 2 is 0.914 bits per heavy atom. The number of nitrogens with zero attached hydrogens (tertiary/aromatic N) is 2. The Balaban J connectivity index is 1.34. The number of carboxylic acid groups (broad SMARTS) is 3. The van der Waals surface area contributed by atoms with Crippen LogP contribution in [0.1, 0.15) is 221 Å². The van der Waals surface area contributed by atoms with Crippen LogP contribution in [0.4, 0.5) is 0 Å². The summed E-state index contributed by atoms with van der Waals surface area (Å²) in [5.74, 6) is -17.3. The van der Waals surface area contributed by atoms with Crippen molar-refractivity contribution in [3.05, 3.63) is 29.8 Å². The number of hydrogen-bond acceptors (Lipinski definition) is 20. The highest BCUT2D eigenvalue weighted by Gasteiger charge is 2.44. The van der Waals surface area contributed by atoms with E-state index >= 15 is 0 Å². The molecule has 5 rings (SSSR count). The Kier molecular flexibility index (Phi) is 40.7. The minimum Gasteiger partial charge on any atom is -0.508 e. The fourth-order valence-corrected chi connectivity index (χ4v) is 15.5. The van der Waals surface area contributed by atoms with Gasteiger partial charge in [-0.1, -0.05) is 124 Å². The van der Waals surface area contributed by atoms with E-state index in [4.69, 9.17) is 11.5 Å². The van der Waals surface area contributed by atoms with Crippen LogP contribution < -0.4 is 70.0 Å². The number of carbonyl (C=O) groups is 17. The summed E-state index contributed by atoms with van der Waals surface area (Å²) in [6, 6.07) is -12.3. The van der Waals surface area contributed by atoms with Gasteiger partial charge in [0, 0.05) is 45.2 Å². The average Bonchev–Trinajstić information content (AvgIpc) is 1.62. The molecule has 14 amide bonds. The molecule has 2 aliphatic carbocycles. The maximum Gasteiger partial charge on any atom is 0.305 e. The summed E-state index contributed by atoms with van der Waals surface area (Å²) in [6.45, 7) is 12.2. The number of carbonyl (C=O) groups excluding carboxylic acids is 14. The molecule has 14 atom stereocenters. The molecule has 36 nitrogen and oxygen atoms in total. The van der Waals surface area contributed by atoms with Crippen molar-refractivity contribution in [3.63, 3.8) is 0 Å². The minimum absolute atomic E-state index is 0.0142. The highest BCUT2D eigenvalue weighted by Crippen LogP contribution is 2.31. The van der Waals surface area contributed by atoms with E-state index in [-0.39, 0.29) is 106 Å². The lowest BCUT2D eigenvalue weighted by Gasteiger charge is -2.33. The molecule has 1 aromatic carbocycles. The van der Waals surface area contributed by atoms with Crippen LogP contribution in [0, 0.1) is 29.6 Å². The molecule has 2 saturated heterocycles.